The molecule has 5 nitrogen and oxygen atoms in total. The third kappa shape index (κ3) is 7.79. The summed E-state index contributed by atoms with van der Waals surface area (Å²) in [6.07, 6.45) is 0.176. The fourth-order valence-corrected chi connectivity index (χ4v) is 3.42. The SMILES string of the molecule is C[C@@H](CC(c1ccc(O)cc1)c1ccc(O)cc1)NC[C@H](O)COc1ccccc1.Cl. The van der Waals surface area contributed by atoms with Gasteiger partial charge in [0.25, 0.3) is 0 Å². The van der Waals surface area contributed by atoms with Crippen molar-refractivity contribution < 1.29 is 20.1 Å². The van der Waals surface area contributed by atoms with Crippen LogP contribution in [0.5, 0.6) is 17.2 Å². The van der Waals surface area contributed by atoms with E-state index in [-0.39, 0.29) is 42.5 Å². The van der Waals surface area contributed by atoms with Crippen molar-refractivity contribution in [3.05, 3.63) is 90.0 Å². The second kappa shape index (κ2) is 12.2. The number of benzene rings is 3. The maximum absolute atomic E-state index is 10.2. The van der Waals surface area contributed by atoms with E-state index in [1.165, 1.54) is 0 Å². The summed E-state index contributed by atoms with van der Waals surface area (Å²) in [5, 5.41) is 32.9. The van der Waals surface area contributed by atoms with Gasteiger partial charge in [-0.2, -0.15) is 0 Å². The lowest BCUT2D eigenvalue weighted by atomic mass is 9.86. The molecule has 0 spiro atoms. The number of ether oxygens (including phenoxy) is 1. The molecule has 0 aromatic heterocycles. The minimum Gasteiger partial charge on any atom is -0.508 e. The van der Waals surface area contributed by atoms with Crippen LogP contribution in [0.1, 0.15) is 30.4 Å². The Kier molecular flexibility index (Phi) is 9.66. The predicted octanol–water partition coefficient (Wildman–Crippen LogP) is 4.46. The highest BCUT2D eigenvalue weighted by atomic mass is 35.5. The van der Waals surface area contributed by atoms with Gasteiger partial charge < -0.3 is 25.4 Å². The first-order valence-corrected chi connectivity index (χ1v) is 10.2. The van der Waals surface area contributed by atoms with Crippen LogP contribution >= 0.6 is 12.4 Å². The molecule has 0 saturated heterocycles. The van der Waals surface area contributed by atoms with Crippen LogP contribution in [0.25, 0.3) is 0 Å². The normalized spacial score (nSPS) is 12.7. The Morgan fingerprint density at radius 2 is 1.32 bits per heavy atom. The summed E-state index contributed by atoms with van der Waals surface area (Å²) in [5.74, 6) is 1.29. The van der Waals surface area contributed by atoms with Crippen LogP contribution in [0.4, 0.5) is 0 Å². The van der Waals surface area contributed by atoms with Crippen molar-refractivity contribution in [2.24, 2.45) is 0 Å². The van der Waals surface area contributed by atoms with Gasteiger partial charge in [0.15, 0.2) is 0 Å². The third-order valence-corrected chi connectivity index (χ3v) is 5.07. The number of aliphatic hydroxyl groups excluding tert-OH is 1. The van der Waals surface area contributed by atoms with Gasteiger partial charge in [0.05, 0.1) is 0 Å². The number of halogens is 1. The fourth-order valence-electron chi connectivity index (χ4n) is 3.42. The van der Waals surface area contributed by atoms with Crippen molar-refractivity contribution in [3.8, 4) is 17.2 Å². The van der Waals surface area contributed by atoms with Gasteiger partial charge in [-0.3, -0.25) is 0 Å². The predicted molar refractivity (Wildman–Crippen MR) is 125 cm³/mol. The molecule has 6 heteroatoms. The van der Waals surface area contributed by atoms with Gasteiger partial charge in [-0.15, -0.1) is 12.4 Å². The van der Waals surface area contributed by atoms with Crippen molar-refractivity contribution in [2.75, 3.05) is 13.2 Å². The maximum atomic E-state index is 10.2. The summed E-state index contributed by atoms with van der Waals surface area (Å²) in [6.45, 7) is 2.73. The largest absolute Gasteiger partial charge is 0.508 e. The molecule has 31 heavy (non-hydrogen) atoms. The summed E-state index contributed by atoms with van der Waals surface area (Å²) < 4.78 is 5.60. The van der Waals surface area contributed by atoms with Crippen LogP contribution in [-0.2, 0) is 0 Å². The second-order valence-electron chi connectivity index (χ2n) is 7.56. The van der Waals surface area contributed by atoms with Gasteiger partial charge >= 0.3 is 0 Å². The molecule has 0 saturated carbocycles. The average molecular weight is 444 g/mol. The summed E-state index contributed by atoms with van der Waals surface area (Å²) in [7, 11) is 0. The number of para-hydroxylation sites is 1. The number of phenols is 2. The highest BCUT2D eigenvalue weighted by Crippen LogP contribution is 2.31. The minimum absolute atomic E-state index is 0. The number of rotatable bonds is 10. The highest BCUT2D eigenvalue weighted by Gasteiger charge is 2.18. The highest BCUT2D eigenvalue weighted by molar-refractivity contribution is 5.85. The molecule has 0 unspecified atom stereocenters. The Morgan fingerprint density at radius 3 is 1.84 bits per heavy atom. The molecule has 3 rings (SSSR count). The molecule has 0 fully saturated rings. The third-order valence-electron chi connectivity index (χ3n) is 5.07. The smallest absolute Gasteiger partial charge is 0.119 e. The lowest BCUT2D eigenvalue weighted by molar-refractivity contribution is 0.103. The number of nitrogens with one attached hydrogen (secondary N) is 1. The van der Waals surface area contributed by atoms with Crippen molar-refractivity contribution >= 4 is 12.4 Å². The molecule has 0 aliphatic rings. The van der Waals surface area contributed by atoms with E-state index in [1.807, 2.05) is 54.6 Å². The molecule has 2 atom stereocenters. The second-order valence-corrected chi connectivity index (χ2v) is 7.56. The van der Waals surface area contributed by atoms with E-state index in [0.29, 0.717) is 6.54 Å². The van der Waals surface area contributed by atoms with E-state index < -0.39 is 6.10 Å². The molecule has 0 heterocycles. The number of aromatic hydroxyl groups is 2. The molecule has 3 aromatic carbocycles. The van der Waals surface area contributed by atoms with Crippen LogP contribution in [-0.4, -0.2) is 40.6 Å². The van der Waals surface area contributed by atoms with Crippen LogP contribution in [0.2, 0.25) is 0 Å². The van der Waals surface area contributed by atoms with Crippen molar-refractivity contribution in [2.45, 2.75) is 31.4 Å². The standard InChI is InChI=1S/C25H29NO4.ClH/c1-18(26-16-23(29)17-30-24-5-3-2-4-6-24)15-25(19-7-11-21(27)12-8-19)20-9-13-22(28)14-10-20;/h2-14,18,23,25-29H,15-17H2,1H3;1H/t18-,23-;/m0./s1. The molecular formula is C25H30ClNO4. The van der Waals surface area contributed by atoms with E-state index in [2.05, 4.69) is 12.2 Å². The molecule has 0 amide bonds. The minimum atomic E-state index is -0.617. The number of hydrogen-bond donors (Lipinski definition) is 4. The van der Waals surface area contributed by atoms with Crippen LogP contribution in [0.15, 0.2) is 78.9 Å². The van der Waals surface area contributed by atoms with E-state index >= 15 is 0 Å². The Bertz CT molecular complexity index is 842. The van der Waals surface area contributed by atoms with Gasteiger partial charge in [-0.25, -0.2) is 0 Å². The van der Waals surface area contributed by atoms with Crippen LogP contribution in [0.3, 0.4) is 0 Å². The van der Waals surface area contributed by atoms with E-state index in [4.69, 9.17) is 4.74 Å². The summed E-state index contributed by atoms with van der Waals surface area (Å²) in [5.41, 5.74) is 2.17. The van der Waals surface area contributed by atoms with Gasteiger partial charge in [-0.05, 0) is 60.9 Å². The van der Waals surface area contributed by atoms with Crippen molar-refractivity contribution in [3.63, 3.8) is 0 Å². The van der Waals surface area contributed by atoms with Gasteiger partial charge in [0.2, 0.25) is 0 Å². The first-order valence-electron chi connectivity index (χ1n) is 10.2. The van der Waals surface area contributed by atoms with Crippen LogP contribution in [0, 0.1) is 0 Å². The molecule has 3 aromatic rings. The number of phenolic OH excluding ortho intramolecular Hbond substituents is 2. The summed E-state index contributed by atoms with van der Waals surface area (Å²) >= 11 is 0. The van der Waals surface area contributed by atoms with E-state index in [1.54, 1.807) is 24.3 Å². The van der Waals surface area contributed by atoms with E-state index in [0.717, 1.165) is 23.3 Å². The lowest BCUT2D eigenvalue weighted by Crippen LogP contribution is -2.37. The Balaban J connectivity index is 0.00000341. The monoisotopic (exact) mass is 443 g/mol. The maximum Gasteiger partial charge on any atom is 0.119 e. The zero-order valence-corrected chi connectivity index (χ0v) is 18.3. The fraction of sp³-hybridized carbons (Fsp3) is 0.280. The topological polar surface area (TPSA) is 82.0 Å². The summed E-state index contributed by atoms with van der Waals surface area (Å²) in [6, 6.07) is 24.0. The Hall–Kier alpha value is -2.73. The first kappa shape index (κ1) is 24.5. The molecule has 166 valence electrons. The van der Waals surface area contributed by atoms with Crippen molar-refractivity contribution in [1.82, 2.24) is 5.32 Å². The molecule has 0 radical (unpaired) electrons. The van der Waals surface area contributed by atoms with E-state index in [9.17, 15) is 15.3 Å². The van der Waals surface area contributed by atoms with Gasteiger partial charge in [0.1, 0.15) is 30.0 Å². The zero-order valence-electron chi connectivity index (χ0n) is 17.5. The number of hydrogen-bond acceptors (Lipinski definition) is 5. The quantitative estimate of drug-likeness (QED) is 0.372. The molecular weight excluding hydrogens is 414 g/mol. The molecule has 0 bridgehead atoms. The van der Waals surface area contributed by atoms with Gasteiger partial charge in [-0.1, -0.05) is 42.5 Å². The molecule has 0 aliphatic carbocycles. The molecule has 4 N–H and O–H groups in total. The van der Waals surface area contributed by atoms with Crippen molar-refractivity contribution in [1.29, 1.82) is 0 Å². The zero-order chi connectivity index (χ0) is 21.3. The first-order chi connectivity index (χ1) is 14.5. The van der Waals surface area contributed by atoms with Gasteiger partial charge in [0, 0.05) is 18.5 Å². The lowest BCUT2D eigenvalue weighted by Gasteiger charge is -2.24. The van der Waals surface area contributed by atoms with Crippen LogP contribution < -0.4 is 10.1 Å². The Morgan fingerprint density at radius 1 is 0.806 bits per heavy atom. The average Bonchev–Trinajstić information content (AvgIpc) is 2.77. The molecule has 0 aliphatic heterocycles. The number of aliphatic hydroxyl groups is 1. The Labute approximate surface area is 189 Å². The summed E-state index contributed by atoms with van der Waals surface area (Å²) in [4.78, 5) is 0.